The smallest absolute Gasteiger partial charge is 0.256 e. The van der Waals surface area contributed by atoms with Crippen LogP contribution in [0.4, 0.5) is 11.4 Å². The summed E-state index contributed by atoms with van der Waals surface area (Å²) < 4.78 is 0. The van der Waals surface area contributed by atoms with Gasteiger partial charge < -0.3 is 10.6 Å². The summed E-state index contributed by atoms with van der Waals surface area (Å²) in [4.78, 5) is 27.4. The molecule has 4 aromatic carbocycles. The number of para-hydroxylation sites is 2. The molecule has 0 aliphatic heterocycles. The SMILES string of the molecule is O=C(Nc1ccccc1Cl)c1ccccc1SSc1ccccc1C(=O)Nc1ccccc1Cl. The van der Waals surface area contributed by atoms with Crippen LogP contribution in [0.5, 0.6) is 0 Å². The first kappa shape index (κ1) is 24.2. The molecule has 0 bridgehead atoms. The van der Waals surface area contributed by atoms with E-state index in [1.54, 1.807) is 60.7 Å². The Morgan fingerprint density at radius 2 is 0.882 bits per heavy atom. The van der Waals surface area contributed by atoms with E-state index in [-0.39, 0.29) is 11.8 Å². The molecule has 0 aliphatic carbocycles. The predicted octanol–water partition coefficient (Wildman–Crippen LogP) is 8.30. The molecule has 2 N–H and O–H groups in total. The normalized spacial score (nSPS) is 10.5. The standard InChI is InChI=1S/C26H18Cl2N2O2S2/c27-19-11-3-5-13-21(19)29-25(31)17-9-1-7-15-23(17)33-34-24-16-8-2-10-18(24)26(32)30-22-14-6-4-12-20(22)28/h1-16H,(H,29,31)(H,30,32). The van der Waals surface area contributed by atoms with Crippen LogP contribution < -0.4 is 10.6 Å². The maximum atomic E-state index is 12.9. The van der Waals surface area contributed by atoms with Crippen LogP contribution in [-0.4, -0.2) is 11.8 Å². The fraction of sp³-hybridized carbons (Fsp3) is 0. The van der Waals surface area contributed by atoms with E-state index in [1.165, 1.54) is 21.6 Å². The molecule has 4 nitrogen and oxygen atoms in total. The third kappa shape index (κ3) is 5.96. The number of carbonyl (C=O) groups excluding carboxylic acids is 2. The van der Waals surface area contributed by atoms with E-state index in [0.717, 1.165) is 9.79 Å². The molecule has 0 aromatic heterocycles. The number of nitrogens with one attached hydrogen (secondary N) is 2. The third-order valence-electron chi connectivity index (χ3n) is 4.73. The molecule has 8 heteroatoms. The van der Waals surface area contributed by atoms with E-state index in [2.05, 4.69) is 10.6 Å². The second-order valence-corrected chi connectivity index (χ2v) is 10.1. The minimum atomic E-state index is -0.262. The Morgan fingerprint density at radius 3 is 1.29 bits per heavy atom. The van der Waals surface area contributed by atoms with Crippen LogP contribution in [0.3, 0.4) is 0 Å². The minimum Gasteiger partial charge on any atom is -0.321 e. The highest BCUT2D eigenvalue weighted by molar-refractivity contribution is 8.76. The molecular weight excluding hydrogens is 507 g/mol. The van der Waals surface area contributed by atoms with Gasteiger partial charge in [0, 0.05) is 9.79 Å². The zero-order chi connectivity index (χ0) is 23.9. The zero-order valence-corrected chi connectivity index (χ0v) is 20.8. The first-order valence-corrected chi connectivity index (χ1v) is 13.1. The summed E-state index contributed by atoms with van der Waals surface area (Å²) >= 11 is 12.4. The summed E-state index contributed by atoms with van der Waals surface area (Å²) in [5.41, 5.74) is 2.11. The molecule has 0 heterocycles. The van der Waals surface area contributed by atoms with Gasteiger partial charge in [-0.25, -0.2) is 0 Å². The van der Waals surface area contributed by atoms with E-state index in [9.17, 15) is 9.59 Å². The summed E-state index contributed by atoms with van der Waals surface area (Å²) in [5, 5.41) is 6.65. The summed E-state index contributed by atoms with van der Waals surface area (Å²) in [5.74, 6) is -0.525. The fourth-order valence-electron chi connectivity index (χ4n) is 3.05. The molecule has 4 aromatic rings. The largest absolute Gasteiger partial charge is 0.321 e. The second kappa shape index (κ2) is 11.5. The van der Waals surface area contributed by atoms with Gasteiger partial charge in [0.05, 0.1) is 32.5 Å². The van der Waals surface area contributed by atoms with Gasteiger partial charge in [-0.05, 0) is 48.5 Å². The topological polar surface area (TPSA) is 58.2 Å². The van der Waals surface area contributed by atoms with E-state index in [0.29, 0.717) is 32.5 Å². The van der Waals surface area contributed by atoms with Crippen LogP contribution in [-0.2, 0) is 0 Å². The summed E-state index contributed by atoms with van der Waals surface area (Å²) in [6.07, 6.45) is 0. The number of rotatable bonds is 7. The van der Waals surface area contributed by atoms with Crippen molar-refractivity contribution >= 4 is 68.0 Å². The molecule has 34 heavy (non-hydrogen) atoms. The van der Waals surface area contributed by atoms with Crippen molar-refractivity contribution in [2.45, 2.75) is 9.79 Å². The van der Waals surface area contributed by atoms with Gasteiger partial charge in [-0.3, -0.25) is 9.59 Å². The van der Waals surface area contributed by atoms with Gasteiger partial charge in [-0.1, -0.05) is 93.3 Å². The van der Waals surface area contributed by atoms with Gasteiger partial charge in [0.2, 0.25) is 0 Å². The van der Waals surface area contributed by atoms with E-state index < -0.39 is 0 Å². The molecule has 0 unspecified atom stereocenters. The molecule has 0 saturated heterocycles. The van der Waals surface area contributed by atoms with Crippen molar-refractivity contribution in [3.63, 3.8) is 0 Å². The van der Waals surface area contributed by atoms with E-state index in [4.69, 9.17) is 23.2 Å². The highest BCUT2D eigenvalue weighted by Gasteiger charge is 2.16. The quantitative estimate of drug-likeness (QED) is 0.238. The molecule has 0 saturated carbocycles. The highest BCUT2D eigenvalue weighted by atomic mass is 35.5. The number of halogens is 2. The van der Waals surface area contributed by atoms with Crippen LogP contribution in [0.15, 0.2) is 107 Å². The van der Waals surface area contributed by atoms with Gasteiger partial charge in [0.1, 0.15) is 0 Å². The zero-order valence-electron chi connectivity index (χ0n) is 17.6. The van der Waals surface area contributed by atoms with E-state index >= 15 is 0 Å². The third-order valence-corrected chi connectivity index (χ3v) is 7.87. The van der Waals surface area contributed by atoms with Crippen molar-refractivity contribution in [2.24, 2.45) is 0 Å². The molecular formula is C26H18Cl2N2O2S2. The van der Waals surface area contributed by atoms with Gasteiger partial charge in [0.25, 0.3) is 11.8 Å². The molecule has 170 valence electrons. The lowest BCUT2D eigenvalue weighted by Gasteiger charge is -2.12. The molecule has 0 radical (unpaired) electrons. The van der Waals surface area contributed by atoms with Crippen LogP contribution in [0.2, 0.25) is 10.0 Å². The van der Waals surface area contributed by atoms with Gasteiger partial charge in [-0.15, -0.1) is 0 Å². The fourth-order valence-corrected chi connectivity index (χ4v) is 5.77. The Hall–Kier alpha value is -2.90. The van der Waals surface area contributed by atoms with E-state index in [1.807, 2.05) is 36.4 Å². The summed E-state index contributed by atoms with van der Waals surface area (Å²) in [6, 6.07) is 28.8. The maximum Gasteiger partial charge on any atom is 0.256 e. The average molecular weight is 525 g/mol. The molecule has 0 aliphatic rings. The van der Waals surface area contributed by atoms with Gasteiger partial charge in [-0.2, -0.15) is 0 Å². The van der Waals surface area contributed by atoms with Crippen molar-refractivity contribution in [3.8, 4) is 0 Å². The van der Waals surface area contributed by atoms with Crippen LogP contribution in [0.1, 0.15) is 20.7 Å². The summed E-state index contributed by atoms with van der Waals surface area (Å²) in [6.45, 7) is 0. The van der Waals surface area contributed by atoms with Crippen molar-refractivity contribution in [2.75, 3.05) is 10.6 Å². The Balaban J connectivity index is 1.51. The van der Waals surface area contributed by atoms with Gasteiger partial charge in [0.15, 0.2) is 0 Å². The maximum absolute atomic E-state index is 12.9. The number of benzene rings is 4. The number of anilines is 2. The molecule has 0 atom stereocenters. The van der Waals surface area contributed by atoms with Crippen LogP contribution >= 0.6 is 44.8 Å². The van der Waals surface area contributed by atoms with Crippen LogP contribution in [0, 0.1) is 0 Å². The number of hydrogen-bond acceptors (Lipinski definition) is 4. The molecule has 2 amide bonds. The van der Waals surface area contributed by atoms with Gasteiger partial charge >= 0.3 is 0 Å². The lowest BCUT2D eigenvalue weighted by molar-refractivity contribution is 0.101. The number of carbonyl (C=O) groups is 2. The average Bonchev–Trinajstić information content (AvgIpc) is 2.86. The number of amides is 2. The molecule has 0 spiro atoms. The Labute approximate surface area is 215 Å². The van der Waals surface area contributed by atoms with Crippen LogP contribution in [0.25, 0.3) is 0 Å². The highest BCUT2D eigenvalue weighted by Crippen LogP contribution is 2.41. The Kier molecular flexibility index (Phi) is 8.19. The lowest BCUT2D eigenvalue weighted by atomic mass is 10.2. The Morgan fingerprint density at radius 1 is 0.529 bits per heavy atom. The molecule has 4 rings (SSSR count). The monoisotopic (exact) mass is 524 g/mol. The van der Waals surface area contributed by atoms with Crippen molar-refractivity contribution in [1.29, 1.82) is 0 Å². The lowest BCUT2D eigenvalue weighted by Crippen LogP contribution is -2.13. The second-order valence-electron chi connectivity index (χ2n) is 7.03. The first-order chi connectivity index (χ1) is 16.5. The first-order valence-electron chi connectivity index (χ1n) is 10.2. The number of hydrogen-bond donors (Lipinski definition) is 2. The summed E-state index contributed by atoms with van der Waals surface area (Å²) in [7, 11) is 2.80. The van der Waals surface area contributed by atoms with Crippen molar-refractivity contribution in [3.05, 3.63) is 118 Å². The Bertz CT molecular complexity index is 1240. The molecule has 0 fully saturated rings. The predicted molar refractivity (Wildman–Crippen MR) is 143 cm³/mol. The minimum absolute atomic E-state index is 0.262. The van der Waals surface area contributed by atoms with Crippen molar-refractivity contribution in [1.82, 2.24) is 0 Å². The van der Waals surface area contributed by atoms with Crippen molar-refractivity contribution < 1.29 is 9.59 Å².